The van der Waals surface area contributed by atoms with Crippen LogP contribution in [-0.2, 0) is 19.1 Å². The van der Waals surface area contributed by atoms with E-state index in [9.17, 15) is 9.59 Å². The van der Waals surface area contributed by atoms with Gasteiger partial charge in [-0.1, -0.05) is 32.0 Å². The van der Waals surface area contributed by atoms with Gasteiger partial charge in [0.05, 0.1) is 19.4 Å². The summed E-state index contributed by atoms with van der Waals surface area (Å²) in [6.45, 7) is 10.9. The highest BCUT2D eigenvalue weighted by Crippen LogP contribution is 2.30. The molecule has 140 valence electrons. The van der Waals surface area contributed by atoms with Crippen LogP contribution in [0.25, 0.3) is 0 Å². The first-order valence-electron chi connectivity index (χ1n) is 8.60. The number of hydrogen-bond acceptors (Lipinski definition) is 5. The van der Waals surface area contributed by atoms with Crippen molar-refractivity contribution in [3.05, 3.63) is 29.8 Å². The first-order valence-corrected chi connectivity index (χ1v) is 8.60. The van der Waals surface area contributed by atoms with E-state index in [1.807, 2.05) is 38.1 Å². The van der Waals surface area contributed by atoms with Crippen molar-refractivity contribution in [3.8, 4) is 5.75 Å². The Kier molecular flexibility index (Phi) is 7.46. The summed E-state index contributed by atoms with van der Waals surface area (Å²) >= 11 is 0. The largest absolute Gasteiger partial charge is 0.496 e. The molecule has 0 saturated heterocycles. The molecule has 0 spiro atoms. The molecule has 3 atom stereocenters. The molecule has 1 rings (SSSR count). The smallest absolute Gasteiger partial charge is 0.309 e. The predicted molar refractivity (Wildman–Crippen MR) is 96.6 cm³/mol. The zero-order chi connectivity index (χ0) is 19.2. The van der Waals surface area contributed by atoms with Crippen LogP contribution >= 0.6 is 0 Å². The molecule has 5 nitrogen and oxygen atoms in total. The highest BCUT2D eigenvalue weighted by Gasteiger charge is 2.27. The molecule has 0 amide bonds. The molecule has 0 radical (unpaired) electrons. The Morgan fingerprint density at radius 2 is 1.68 bits per heavy atom. The zero-order valence-corrected chi connectivity index (χ0v) is 16.3. The van der Waals surface area contributed by atoms with Gasteiger partial charge in [0.25, 0.3) is 0 Å². The molecule has 0 aliphatic heterocycles. The summed E-state index contributed by atoms with van der Waals surface area (Å²) in [5.41, 5.74) is 0.414. The van der Waals surface area contributed by atoms with Crippen LogP contribution in [0, 0.1) is 5.92 Å². The van der Waals surface area contributed by atoms with E-state index in [-0.39, 0.29) is 18.4 Å². The number of carbonyl (C=O) groups is 2. The van der Waals surface area contributed by atoms with Gasteiger partial charge in [0.2, 0.25) is 0 Å². The number of methoxy groups -OCH3 is 1. The fourth-order valence-electron chi connectivity index (χ4n) is 2.41. The second kappa shape index (κ2) is 8.88. The van der Waals surface area contributed by atoms with Crippen LogP contribution in [0.3, 0.4) is 0 Å². The van der Waals surface area contributed by atoms with Crippen molar-refractivity contribution in [1.29, 1.82) is 0 Å². The van der Waals surface area contributed by atoms with Crippen LogP contribution in [0.15, 0.2) is 24.3 Å². The topological polar surface area (TPSA) is 61.8 Å². The monoisotopic (exact) mass is 350 g/mol. The van der Waals surface area contributed by atoms with Gasteiger partial charge in [-0.05, 0) is 33.8 Å². The van der Waals surface area contributed by atoms with E-state index in [4.69, 9.17) is 14.2 Å². The number of para-hydroxylation sites is 1. The lowest BCUT2D eigenvalue weighted by molar-refractivity contribution is -0.163. The SMILES string of the molecule is COc1ccccc1[C@H](C)[C@H](C)OC(=O)[C@H](C)CC(=O)OC(C)(C)C. The standard InChI is InChI=1S/C20H30O5/c1-13(12-18(21)25-20(4,5)6)19(22)24-15(3)14(2)16-10-8-9-11-17(16)23-7/h8-11,13-15H,12H2,1-7H3/t13-,14-,15+/m1/s1. The summed E-state index contributed by atoms with van der Waals surface area (Å²) in [5, 5.41) is 0. The summed E-state index contributed by atoms with van der Waals surface area (Å²) < 4.78 is 16.2. The highest BCUT2D eigenvalue weighted by molar-refractivity contribution is 5.80. The lowest BCUT2D eigenvalue weighted by Crippen LogP contribution is -2.29. The molecule has 0 N–H and O–H groups in total. The molecular weight excluding hydrogens is 320 g/mol. The van der Waals surface area contributed by atoms with Crippen LogP contribution in [-0.4, -0.2) is 30.8 Å². The number of esters is 2. The van der Waals surface area contributed by atoms with Crippen LogP contribution < -0.4 is 4.74 Å². The molecule has 0 fully saturated rings. The van der Waals surface area contributed by atoms with Gasteiger partial charge in [-0.15, -0.1) is 0 Å². The number of benzene rings is 1. The van der Waals surface area contributed by atoms with Crippen molar-refractivity contribution < 1.29 is 23.8 Å². The quantitative estimate of drug-likeness (QED) is 0.693. The Morgan fingerprint density at radius 1 is 1.08 bits per heavy atom. The predicted octanol–water partition coefficient (Wildman–Crippen LogP) is 4.10. The van der Waals surface area contributed by atoms with Crippen molar-refractivity contribution >= 4 is 11.9 Å². The third kappa shape index (κ3) is 6.77. The molecule has 5 heteroatoms. The summed E-state index contributed by atoms with van der Waals surface area (Å²) in [4.78, 5) is 24.1. The summed E-state index contributed by atoms with van der Waals surface area (Å²) in [7, 11) is 1.62. The van der Waals surface area contributed by atoms with Gasteiger partial charge in [0.15, 0.2) is 0 Å². The van der Waals surface area contributed by atoms with Crippen LogP contribution in [0.5, 0.6) is 5.75 Å². The first-order chi connectivity index (χ1) is 11.5. The molecular formula is C20H30O5. The fraction of sp³-hybridized carbons (Fsp3) is 0.600. The second-order valence-corrected chi connectivity index (χ2v) is 7.36. The highest BCUT2D eigenvalue weighted by atomic mass is 16.6. The van der Waals surface area contributed by atoms with Crippen LogP contribution in [0.4, 0.5) is 0 Å². The van der Waals surface area contributed by atoms with Gasteiger partial charge in [0, 0.05) is 11.5 Å². The van der Waals surface area contributed by atoms with E-state index in [0.717, 1.165) is 11.3 Å². The van der Waals surface area contributed by atoms with Gasteiger partial charge in [-0.3, -0.25) is 9.59 Å². The van der Waals surface area contributed by atoms with Crippen molar-refractivity contribution in [2.45, 2.75) is 65.6 Å². The number of carbonyl (C=O) groups excluding carboxylic acids is 2. The number of hydrogen-bond donors (Lipinski definition) is 0. The molecule has 0 aliphatic carbocycles. The van der Waals surface area contributed by atoms with Gasteiger partial charge in [-0.25, -0.2) is 0 Å². The Labute approximate surface area is 150 Å². The minimum absolute atomic E-state index is 0.00582. The molecule has 25 heavy (non-hydrogen) atoms. The van der Waals surface area contributed by atoms with Gasteiger partial charge in [0.1, 0.15) is 17.5 Å². The molecule has 0 bridgehead atoms. The van der Waals surface area contributed by atoms with E-state index >= 15 is 0 Å². The lowest BCUT2D eigenvalue weighted by atomic mass is 9.95. The maximum absolute atomic E-state index is 12.3. The number of ether oxygens (including phenoxy) is 3. The second-order valence-electron chi connectivity index (χ2n) is 7.36. The summed E-state index contributed by atoms with van der Waals surface area (Å²) in [6, 6.07) is 7.66. The van der Waals surface area contributed by atoms with E-state index in [2.05, 4.69) is 0 Å². The molecule has 0 aromatic heterocycles. The third-order valence-corrected chi connectivity index (χ3v) is 3.93. The van der Waals surface area contributed by atoms with E-state index in [1.54, 1.807) is 34.8 Å². The van der Waals surface area contributed by atoms with Crippen molar-refractivity contribution in [2.75, 3.05) is 7.11 Å². The average Bonchev–Trinajstić information content (AvgIpc) is 2.51. The van der Waals surface area contributed by atoms with Gasteiger partial charge in [-0.2, -0.15) is 0 Å². The maximum Gasteiger partial charge on any atom is 0.309 e. The van der Waals surface area contributed by atoms with Crippen LogP contribution in [0.1, 0.15) is 59.4 Å². The summed E-state index contributed by atoms with van der Waals surface area (Å²) in [6.07, 6.45) is -0.337. The minimum Gasteiger partial charge on any atom is -0.496 e. The summed E-state index contributed by atoms with van der Waals surface area (Å²) in [5.74, 6) is -0.627. The minimum atomic E-state index is -0.563. The lowest BCUT2D eigenvalue weighted by Gasteiger charge is -2.24. The maximum atomic E-state index is 12.3. The van der Waals surface area contributed by atoms with Crippen molar-refractivity contribution in [3.63, 3.8) is 0 Å². The first kappa shape index (κ1) is 21.0. The molecule has 0 aliphatic rings. The molecule has 1 aromatic carbocycles. The molecule has 0 saturated carbocycles. The Morgan fingerprint density at radius 3 is 2.24 bits per heavy atom. The Bertz CT molecular complexity index is 588. The third-order valence-electron chi connectivity index (χ3n) is 3.93. The normalized spacial score (nSPS) is 15.0. The average molecular weight is 350 g/mol. The van der Waals surface area contributed by atoms with E-state index in [0.29, 0.717) is 0 Å². The Balaban J connectivity index is 2.64. The van der Waals surface area contributed by atoms with Crippen molar-refractivity contribution in [1.82, 2.24) is 0 Å². The van der Waals surface area contributed by atoms with E-state index in [1.165, 1.54) is 0 Å². The van der Waals surface area contributed by atoms with Gasteiger partial charge >= 0.3 is 11.9 Å². The van der Waals surface area contributed by atoms with E-state index < -0.39 is 23.5 Å². The van der Waals surface area contributed by atoms with Crippen LogP contribution in [0.2, 0.25) is 0 Å². The fourth-order valence-corrected chi connectivity index (χ4v) is 2.41. The van der Waals surface area contributed by atoms with Crippen molar-refractivity contribution in [2.24, 2.45) is 5.92 Å². The molecule has 0 unspecified atom stereocenters. The van der Waals surface area contributed by atoms with Gasteiger partial charge < -0.3 is 14.2 Å². The molecule has 0 heterocycles. The number of rotatable bonds is 7. The molecule has 1 aromatic rings. The zero-order valence-electron chi connectivity index (χ0n) is 16.3. The Hall–Kier alpha value is -2.04.